The highest BCUT2D eigenvalue weighted by molar-refractivity contribution is 6.31. The van der Waals surface area contributed by atoms with Crippen molar-refractivity contribution in [2.75, 3.05) is 0 Å². The second-order valence-electron chi connectivity index (χ2n) is 11.4. The number of hydrogen-bond donors (Lipinski definition) is 1. The summed E-state index contributed by atoms with van der Waals surface area (Å²) >= 11 is 6.38. The highest BCUT2D eigenvalue weighted by atomic mass is 35.5. The van der Waals surface area contributed by atoms with Crippen LogP contribution >= 0.6 is 11.6 Å². The standard InChI is InChI=1S/C37H34ClF2N3O6/c1-4-5-9-24-12-14-26(15-13-24)35(34(44)25-10-7-6-8-11-25)48-49-37(46)29-18-31(22(2)19-41-29)43-23(3)16-32(33(38)36(43)45)47-21-30-28(40)17-27(39)20-42-30/h6-8,10-20,34-35,44H,4-5,9,21H2,1-3H3/t34-,35+/m1/s1. The minimum Gasteiger partial charge on any atom is -0.485 e. The molecule has 0 amide bonds. The van der Waals surface area contributed by atoms with Crippen molar-refractivity contribution in [1.29, 1.82) is 0 Å². The molecule has 2 atom stereocenters. The third-order valence-corrected chi connectivity index (χ3v) is 8.20. The van der Waals surface area contributed by atoms with E-state index in [1.54, 1.807) is 38.1 Å². The average Bonchev–Trinajstić information content (AvgIpc) is 3.10. The Morgan fingerprint density at radius 2 is 1.71 bits per heavy atom. The first-order valence-corrected chi connectivity index (χ1v) is 16.0. The Kier molecular flexibility index (Phi) is 11.5. The molecule has 0 radical (unpaired) electrons. The summed E-state index contributed by atoms with van der Waals surface area (Å²) in [4.78, 5) is 45.5. The van der Waals surface area contributed by atoms with Gasteiger partial charge in [0.05, 0.1) is 11.9 Å². The molecule has 12 heteroatoms. The lowest BCUT2D eigenvalue weighted by molar-refractivity contribution is -0.296. The Bertz CT molecular complexity index is 1990. The van der Waals surface area contributed by atoms with E-state index in [4.69, 9.17) is 26.1 Å². The lowest BCUT2D eigenvalue weighted by Gasteiger charge is -2.22. The highest BCUT2D eigenvalue weighted by Gasteiger charge is 2.28. The van der Waals surface area contributed by atoms with Gasteiger partial charge in [0.25, 0.3) is 5.56 Å². The molecule has 0 aliphatic carbocycles. The number of halogens is 3. The van der Waals surface area contributed by atoms with Crippen molar-refractivity contribution in [2.24, 2.45) is 0 Å². The minimum atomic E-state index is -1.17. The summed E-state index contributed by atoms with van der Waals surface area (Å²) in [6.07, 6.45) is 3.03. The maximum atomic E-state index is 14.1. The largest absolute Gasteiger partial charge is 0.485 e. The first kappa shape index (κ1) is 35.3. The highest BCUT2D eigenvalue weighted by Crippen LogP contribution is 2.33. The van der Waals surface area contributed by atoms with Gasteiger partial charge < -0.3 is 9.84 Å². The van der Waals surface area contributed by atoms with E-state index in [0.717, 1.165) is 31.0 Å². The summed E-state index contributed by atoms with van der Waals surface area (Å²) in [5.41, 5.74) is 2.46. The topological polar surface area (TPSA) is 113 Å². The van der Waals surface area contributed by atoms with E-state index >= 15 is 0 Å². The SMILES string of the molecule is CCCCc1ccc([C@H](OOC(=O)c2cc(-n3c(C)cc(OCc4ncc(F)cc4F)c(Cl)c3=O)c(C)cn2)[C@H](O)c2ccccc2)cc1. The van der Waals surface area contributed by atoms with Crippen LogP contribution < -0.4 is 10.3 Å². The van der Waals surface area contributed by atoms with Crippen LogP contribution in [0.5, 0.6) is 5.75 Å². The van der Waals surface area contributed by atoms with Gasteiger partial charge in [0.2, 0.25) is 0 Å². The van der Waals surface area contributed by atoms with Gasteiger partial charge in [0.15, 0.2) is 17.6 Å². The summed E-state index contributed by atoms with van der Waals surface area (Å²) in [6, 6.07) is 19.9. The van der Waals surface area contributed by atoms with Crippen molar-refractivity contribution < 1.29 is 33.2 Å². The first-order valence-electron chi connectivity index (χ1n) is 15.6. The molecule has 5 rings (SSSR count). The van der Waals surface area contributed by atoms with Crippen LogP contribution in [0.25, 0.3) is 5.69 Å². The fourth-order valence-corrected chi connectivity index (χ4v) is 5.35. The molecule has 0 aliphatic rings. The van der Waals surface area contributed by atoms with Crippen LogP contribution in [0.2, 0.25) is 5.02 Å². The number of nitrogens with zero attached hydrogens (tertiary/aromatic N) is 3. The molecule has 0 saturated heterocycles. The van der Waals surface area contributed by atoms with Crippen LogP contribution in [0.15, 0.2) is 90.0 Å². The molecule has 0 unspecified atom stereocenters. The van der Waals surface area contributed by atoms with E-state index in [0.29, 0.717) is 28.5 Å². The van der Waals surface area contributed by atoms with Crippen molar-refractivity contribution in [3.8, 4) is 11.4 Å². The van der Waals surface area contributed by atoms with Crippen molar-refractivity contribution >= 4 is 17.6 Å². The Morgan fingerprint density at radius 3 is 2.41 bits per heavy atom. The van der Waals surface area contributed by atoms with Gasteiger partial charge >= 0.3 is 5.97 Å². The second-order valence-corrected chi connectivity index (χ2v) is 11.8. The zero-order valence-corrected chi connectivity index (χ0v) is 27.8. The van der Waals surface area contributed by atoms with Crippen LogP contribution in [-0.4, -0.2) is 25.6 Å². The number of aliphatic hydroxyl groups excluding tert-OH is 1. The Labute approximate surface area is 286 Å². The molecule has 49 heavy (non-hydrogen) atoms. The normalized spacial score (nSPS) is 12.4. The summed E-state index contributed by atoms with van der Waals surface area (Å²) in [6.45, 7) is 5.03. The molecular weight excluding hydrogens is 656 g/mol. The van der Waals surface area contributed by atoms with E-state index in [1.807, 2.05) is 30.3 Å². The van der Waals surface area contributed by atoms with Crippen LogP contribution in [0.3, 0.4) is 0 Å². The van der Waals surface area contributed by atoms with E-state index in [9.17, 15) is 23.5 Å². The molecule has 1 N–H and O–H groups in total. The number of ether oxygens (including phenoxy) is 1. The molecule has 3 heterocycles. The Balaban J connectivity index is 1.37. The predicted molar refractivity (Wildman–Crippen MR) is 179 cm³/mol. The minimum absolute atomic E-state index is 0.0351. The van der Waals surface area contributed by atoms with Crippen LogP contribution in [0, 0.1) is 25.5 Å². The Hall–Kier alpha value is -4.97. The lowest BCUT2D eigenvalue weighted by atomic mass is 9.97. The van der Waals surface area contributed by atoms with E-state index in [-0.39, 0.29) is 27.8 Å². The van der Waals surface area contributed by atoms with Gasteiger partial charge in [-0.2, -0.15) is 4.89 Å². The number of carbonyl (C=O) groups excluding carboxylic acids is 1. The number of hydrogen-bond acceptors (Lipinski definition) is 8. The fraction of sp³-hybridized carbons (Fsp3) is 0.243. The maximum Gasteiger partial charge on any atom is 0.391 e. The number of carbonyl (C=O) groups is 1. The molecule has 0 bridgehead atoms. The molecule has 0 spiro atoms. The number of aromatic nitrogens is 3. The quantitative estimate of drug-likeness (QED) is 0.0991. The number of benzene rings is 2. The lowest BCUT2D eigenvalue weighted by Crippen LogP contribution is -2.23. The average molecular weight is 690 g/mol. The predicted octanol–water partition coefficient (Wildman–Crippen LogP) is 7.66. The van der Waals surface area contributed by atoms with E-state index in [2.05, 4.69) is 16.9 Å². The fourth-order valence-electron chi connectivity index (χ4n) is 5.16. The van der Waals surface area contributed by atoms with Crippen molar-refractivity contribution in [3.63, 3.8) is 0 Å². The zero-order valence-electron chi connectivity index (χ0n) is 27.0. The molecule has 0 aliphatic heterocycles. The van der Waals surface area contributed by atoms with Gasteiger partial charge in [-0.15, -0.1) is 0 Å². The number of aryl methyl sites for hydroxylation is 3. The van der Waals surface area contributed by atoms with Gasteiger partial charge in [-0.3, -0.25) is 19.2 Å². The van der Waals surface area contributed by atoms with Gasteiger partial charge in [0.1, 0.15) is 35.0 Å². The first-order chi connectivity index (χ1) is 23.6. The molecule has 9 nitrogen and oxygen atoms in total. The van der Waals surface area contributed by atoms with Crippen molar-refractivity contribution in [2.45, 2.75) is 58.8 Å². The summed E-state index contributed by atoms with van der Waals surface area (Å²) in [5.74, 6) is -2.74. The zero-order chi connectivity index (χ0) is 35.1. The van der Waals surface area contributed by atoms with Crippen LogP contribution in [0.1, 0.15) is 76.1 Å². The molecule has 3 aromatic heterocycles. The molecule has 2 aromatic carbocycles. The number of unbranched alkanes of at least 4 members (excludes halogenated alkanes) is 1. The maximum absolute atomic E-state index is 14.1. The van der Waals surface area contributed by atoms with Crippen LogP contribution in [0.4, 0.5) is 8.78 Å². The molecule has 5 aromatic rings. The second kappa shape index (κ2) is 16.0. The molecule has 0 fully saturated rings. The summed E-state index contributed by atoms with van der Waals surface area (Å²) < 4.78 is 34.1. The molecule has 0 saturated carbocycles. The number of pyridine rings is 3. The van der Waals surface area contributed by atoms with Gasteiger partial charge in [-0.05, 0) is 55.0 Å². The molecule has 254 valence electrons. The number of rotatable bonds is 13. The monoisotopic (exact) mass is 689 g/mol. The summed E-state index contributed by atoms with van der Waals surface area (Å²) in [7, 11) is 0. The van der Waals surface area contributed by atoms with Gasteiger partial charge in [-0.1, -0.05) is 79.5 Å². The molecular formula is C37H34ClF2N3O6. The van der Waals surface area contributed by atoms with Crippen LogP contribution in [-0.2, 0) is 22.8 Å². The smallest absolute Gasteiger partial charge is 0.391 e. The van der Waals surface area contributed by atoms with E-state index < -0.39 is 42.0 Å². The third-order valence-electron chi connectivity index (χ3n) is 7.86. The Morgan fingerprint density at radius 1 is 0.980 bits per heavy atom. The van der Waals surface area contributed by atoms with Crippen molar-refractivity contribution in [3.05, 3.63) is 152 Å². The number of aliphatic hydroxyl groups is 1. The third kappa shape index (κ3) is 8.37. The van der Waals surface area contributed by atoms with Gasteiger partial charge in [-0.25, -0.2) is 18.6 Å². The van der Waals surface area contributed by atoms with Crippen molar-refractivity contribution in [1.82, 2.24) is 14.5 Å². The summed E-state index contributed by atoms with van der Waals surface area (Å²) in [5, 5.41) is 11.0. The van der Waals surface area contributed by atoms with Gasteiger partial charge in [0, 0.05) is 24.0 Å². The van der Waals surface area contributed by atoms with E-state index in [1.165, 1.54) is 22.9 Å².